The highest BCUT2D eigenvalue weighted by molar-refractivity contribution is 6.35. The molecule has 0 nitrogen and oxygen atoms in total. The lowest BCUT2D eigenvalue weighted by atomic mass is 9.93. The van der Waals surface area contributed by atoms with E-state index in [1.807, 2.05) is 42.5 Å². The molecule has 2 rings (SSSR count). The highest BCUT2D eigenvalue weighted by atomic mass is 35.5. The summed E-state index contributed by atoms with van der Waals surface area (Å²) in [6.07, 6.45) is 6.44. The van der Waals surface area contributed by atoms with E-state index >= 15 is 0 Å². The Morgan fingerprint density at radius 1 is 1.13 bits per heavy atom. The standard InChI is InChI=1S/C12H9Cl3/c13-9-4-3-7-12(15,8-9)10-5-1-2-6-11(10)14/h1-3,5-8H,4H2. The van der Waals surface area contributed by atoms with Gasteiger partial charge in [-0.2, -0.15) is 0 Å². The van der Waals surface area contributed by atoms with Crippen LogP contribution >= 0.6 is 34.8 Å². The Hall–Kier alpha value is -0.430. The van der Waals surface area contributed by atoms with E-state index in [0.717, 1.165) is 17.0 Å². The predicted octanol–water partition coefficient (Wildman–Crippen LogP) is 4.86. The van der Waals surface area contributed by atoms with E-state index in [1.54, 1.807) is 0 Å². The van der Waals surface area contributed by atoms with Gasteiger partial charge in [-0.15, -0.1) is 11.6 Å². The third-order valence-electron chi connectivity index (χ3n) is 2.33. The molecule has 1 aromatic carbocycles. The predicted molar refractivity (Wildman–Crippen MR) is 66.7 cm³/mol. The van der Waals surface area contributed by atoms with Crippen LogP contribution in [0.1, 0.15) is 12.0 Å². The maximum absolute atomic E-state index is 6.47. The summed E-state index contributed by atoms with van der Waals surface area (Å²) in [5, 5.41) is 1.40. The summed E-state index contributed by atoms with van der Waals surface area (Å²) in [5.41, 5.74) is 0.863. The molecule has 0 saturated carbocycles. The van der Waals surface area contributed by atoms with Gasteiger partial charge in [0.05, 0.1) is 0 Å². The molecule has 3 heteroatoms. The average molecular weight is 260 g/mol. The van der Waals surface area contributed by atoms with E-state index in [-0.39, 0.29) is 0 Å². The summed E-state index contributed by atoms with van der Waals surface area (Å²) in [6.45, 7) is 0. The number of rotatable bonds is 1. The average Bonchev–Trinajstić information content (AvgIpc) is 2.17. The zero-order chi connectivity index (χ0) is 10.9. The molecule has 1 aliphatic carbocycles. The molecule has 0 fully saturated rings. The molecule has 0 aliphatic heterocycles. The van der Waals surface area contributed by atoms with Crippen LogP contribution in [0.3, 0.4) is 0 Å². The molecule has 0 aromatic heterocycles. The van der Waals surface area contributed by atoms with Crippen LogP contribution in [0.25, 0.3) is 0 Å². The monoisotopic (exact) mass is 258 g/mol. The number of halogens is 3. The second-order valence-corrected chi connectivity index (χ2v) is 4.96. The van der Waals surface area contributed by atoms with E-state index in [2.05, 4.69) is 0 Å². The topological polar surface area (TPSA) is 0 Å². The molecule has 1 atom stereocenters. The summed E-state index contributed by atoms with van der Waals surface area (Å²) >= 11 is 18.6. The Morgan fingerprint density at radius 3 is 2.53 bits per heavy atom. The number of hydrogen-bond acceptors (Lipinski definition) is 0. The quantitative estimate of drug-likeness (QED) is 0.499. The summed E-state index contributed by atoms with van der Waals surface area (Å²) in [5.74, 6) is 0. The van der Waals surface area contributed by atoms with Crippen molar-refractivity contribution < 1.29 is 0 Å². The molecule has 0 amide bonds. The van der Waals surface area contributed by atoms with Gasteiger partial charge in [-0.05, 0) is 17.7 Å². The molecule has 0 heterocycles. The fourth-order valence-electron chi connectivity index (χ4n) is 1.62. The Kier molecular flexibility index (Phi) is 3.11. The third-order valence-corrected chi connectivity index (χ3v) is 3.36. The zero-order valence-electron chi connectivity index (χ0n) is 7.88. The smallest absolute Gasteiger partial charge is 0.105 e. The lowest BCUT2D eigenvalue weighted by Crippen LogP contribution is -2.15. The number of benzene rings is 1. The Balaban J connectivity index is 2.50. The normalized spacial score (nSPS) is 25.1. The molecule has 0 radical (unpaired) electrons. The zero-order valence-corrected chi connectivity index (χ0v) is 10.2. The number of hydrogen-bond donors (Lipinski definition) is 0. The minimum absolute atomic E-state index is 0.653. The van der Waals surface area contributed by atoms with Crippen molar-refractivity contribution >= 4 is 34.8 Å². The van der Waals surface area contributed by atoms with Gasteiger partial charge < -0.3 is 0 Å². The summed E-state index contributed by atoms with van der Waals surface area (Å²) in [7, 11) is 0. The van der Waals surface area contributed by atoms with Crippen LogP contribution in [0.4, 0.5) is 0 Å². The molecule has 0 N–H and O–H groups in total. The van der Waals surface area contributed by atoms with Crippen LogP contribution in [0, 0.1) is 0 Å². The summed E-state index contributed by atoms with van der Waals surface area (Å²) in [6, 6.07) is 7.52. The van der Waals surface area contributed by atoms with Gasteiger partial charge in [0, 0.05) is 16.5 Å². The van der Waals surface area contributed by atoms with Crippen LogP contribution in [0.5, 0.6) is 0 Å². The Morgan fingerprint density at radius 2 is 1.87 bits per heavy atom. The Labute approximate surface area is 104 Å². The lowest BCUT2D eigenvalue weighted by Gasteiger charge is -2.24. The van der Waals surface area contributed by atoms with Gasteiger partial charge in [0.25, 0.3) is 0 Å². The maximum Gasteiger partial charge on any atom is 0.108 e. The fraction of sp³-hybridized carbons (Fsp3) is 0.167. The molecule has 1 unspecified atom stereocenters. The minimum Gasteiger partial charge on any atom is -0.105 e. The van der Waals surface area contributed by atoms with Gasteiger partial charge >= 0.3 is 0 Å². The number of alkyl halides is 1. The first-order valence-corrected chi connectivity index (χ1v) is 5.74. The second kappa shape index (κ2) is 4.21. The van der Waals surface area contributed by atoms with Crippen molar-refractivity contribution in [1.29, 1.82) is 0 Å². The molecule has 1 aliphatic rings. The van der Waals surface area contributed by atoms with Crippen molar-refractivity contribution in [2.24, 2.45) is 0 Å². The van der Waals surface area contributed by atoms with E-state index in [1.165, 1.54) is 0 Å². The molecule has 0 saturated heterocycles. The molecular formula is C12H9Cl3. The molecule has 0 bridgehead atoms. The van der Waals surface area contributed by atoms with Crippen molar-refractivity contribution in [3.63, 3.8) is 0 Å². The van der Waals surface area contributed by atoms with Gasteiger partial charge in [-0.1, -0.05) is 53.6 Å². The second-order valence-electron chi connectivity index (χ2n) is 3.45. The van der Waals surface area contributed by atoms with Crippen molar-refractivity contribution in [2.75, 3.05) is 0 Å². The van der Waals surface area contributed by atoms with Gasteiger partial charge in [-0.25, -0.2) is 0 Å². The summed E-state index contributed by atoms with van der Waals surface area (Å²) in [4.78, 5) is -0.701. The van der Waals surface area contributed by atoms with Crippen LogP contribution in [0.15, 0.2) is 47.5 Å². The lowest BCUT2D eigenvalue weighted by molar-refractivity contribution is 0.933. The Bertz CT molecular complexity index is 434. The highest BCUT2D eigenvalue weighted by Crippen LogP contribution is 2.40. The summed E-state index contributed by atoms with van der Waals surface area (Å²) < 4.78 is 0. The van der Waals surface area contributed by atoms with Crippen molar-refractivity contribution in [3.05, 3.63) is 58.1 Å². The van der Waals surface area contributed by atoms with Gasteiger partial charge in [0.1, 0.15) is 4.87 Å². The minimum atomic E-state index is -0.701. The van der Waals surface area contributed by atoms with Crippen LogP contribution in [0.2, 0.25) is 5.02 Å². The van der Waals surface area contributed by atoms with Gasteiger partial charge in [0.2, 0.25) is 0 Å². The third kappa shape index (κ3) is 2.23. The first kappa shape index (κ1) is 11.1. The van der Waals surface area contributed by atoms with E-state index in [4.69, 9.17) is 34.8 Å². The maximum atomic E-state index is 6.47. The van der Waals surface area contributed by atoms with E-state index < -0.39 is 4.87 Å². The van der Waals surface area contributed by atoms with Crippen molar-refractivity contribution in [1.82, 2.24) is 0 Å². The SMILES string of the molecule is ClC1=CC(Cl)(c2ccccc2Cl)C=CC1. The van der Waals surface area contributed by atoms with Crippen molar-refractivity contribution in [2.45, 2.75) is 11.3 Å². The van der Waals surface area contributed by atoms with Gasteiger partial charge in [0.15, 0.2) is 0 Å². The molecule has 15 heavy (non-hydrogen) atoms. The molecule has 1 aromatic rings. The van der Waals surface area contributed by atoms with Crippen LogP contribution < -0.4 is 0 Å². The molecule has 0 spiro atoms. The molecular weight excluding hydrogens is 250 g/mol. The first-order valence-electron chi connectivity index (χ1n) is 4.61. The largest absolute Gasteiger partial charge is 0.108 e. The van der Waals surface area contributed by atoms with E-state index in [9.17, 15) is 0 Å². The van der Waals surface area contributed by atoms with Gasteiger partial charge in [-0.3, -0.25) is 0 Å². The highest BCUT2D eigenvalue weighted by Gasteiger charge is 2.28. The first-order chi connectivity index (χ1) is 7.12. The fourth-order valence-corrected chi connectivity index (χ4v) is 2.66. The molecule has 78 valence electrons. The van der Waals surface area contributed by atoms with E-state index in [0.29, 0.717) is 5.02 Å². The van der Waals surface area contributed by atoms with Crippen molar-refractivity contribution in [3.8, 4) is 0 Å². The van der Waals surface area contributed by atoms with Crippen LogP contribution in [-0.2, 0) is 4.87 Å². The van der Waals surface area contributed by atoms with Crippen LogP contribution in [-0.4, -0.2) is 0 Å². The number of allylic oxidation sites excluding steroid dienone is 4.